The number of nitrogens with zero attached hydrogens (tertiary/aromatic N) is 1. The van der Waals surface area contributed by atoms with Crippen molar-refractivity contribution in [3.63, 3.8) is 0 Å². The van der Waals surface area contributed by atoms with Crippen LogP contribution in [0.1, 0.15) is 6.92 Å². The molecule has 2 N–H and O–H groups in total. The summed E-state index contributed by atoms with van der Waals surface area (Å²) in [6.07, 6.45) is 12.4. The normalized spacial score (nSPS) is 13.9. The van der Waals surface area contributed by atoms with Crippen molar-refractivity contribution < 1.29 is 0 Å². The van der Waals surface area contributed by atoms with Crippen LogP contribution in [0.4, 0.5) is 0 Å². The van der Waals surface area contributed by atoms with E-state index in [1.165, 1.54) is 0 Å². The summed E-state index contributed by atoms with van der Waals surface area (Å²) in [5.74, 6) is 0.495. The molecule has 2 heteroatoms. The molecule has 2 nitrogen and oxygen atoms in total. The fraction of sp³-hybridized carbons (Fsp3) is 0.0714. The lowest BCUT2D eigenvalue weighted by Gasteiger charge is -2.02. The first-order valence-corrected chi connectivity index (χ1v) is 4.91. The molecule has 0 spiro atoms. The predicted molar refractivity (Wildman–Crippen MR) is 73.2 cm³/mol. The van der Waals surface area contributed by atoms with Gasteiger partial charge in [-0.1, -0.05) is 56.2 Å². The second-order valence-electron chi connectivity index (χ2n) is 2.99. The average molecular weight is 214 g/mol. The van der Waals surface area contributed by atoms with Crippen molar-refractivity contribution in [1.29, 1.82) is 0 Å². The van der Waals surface area contributed by atoms with Crippen LogP contribution in [0.5, 0.6) is 0 Å². The molecule has 0 radical (unpaired) electrons. The lowest BCUT2D eigenvalue weighted by molar-refractivity contribution is 1.31. The molecule has 0 amide bonds. The molecule has 0 aliphatic heterocycles. The first kappa shape index (κ1) is 13.9. The summed E-state index contributed by atoms with van der Waals surface area (Å²) in [7, 11) is 0. The topological polar surface area (TPSA) is 38.4 Å². The maximum atomic E-state index is 5.56. The Morgan fingerprint density at radius 3 is 2.12 bits per heavy atom. The molecule has 0 heterocycles. The lowest BCUT2D eigenvalue weighted by Crippen LogP contribution is -2.05. The molecule has 84 valence electrons. The monoisotopic (exact) mass is 214 g/mol. The third-order valence-electron chi connectivity index (χ3n) is 1.58. The molecule has 0 aromatic rings. The molecule has 16 heavy (non-hydrogen) atoms. The molecule has 0 unspecified atom stereocenters. The Balaban J connectivity index is 5.36. The SMILES string of the molecule is C=C\C=C/C(=C\C=C)C(=C/C=C)/N=C(\C)N. The Morgan fingerprint density at radius 1 is 1.06 bits per heavy atom. The number of aliphatic imine (C=N–C) groups is 1. The van der Waals surface area contributed by atoms with E-state index >= 15 is 0 Å². The minimum Gasteiger partial charge on any atom is -0.387 e. The van der Waals surface area contributed by atoms with Gasteiger partial charge in [0.15, 0.2) is 0 Å². The van der Waals surface area contributed by atoms with E-state index in [1.54, 1.807) is 31.2 Å². The van der Waals surface area contributed by atoms with Crippen LogP contribution >= 0.6 is 0 Å². The molecule has 0 atom stereocenters. The largest absolute Gasteiger partial charge is 0.387 e. The van der Waals surface area contributed by atoms with E-state index in [4.69, 9.17) is 5.73 Å². The molecule has 0 saturated carbocycles. The maximum absolute atomic E-state index is 5.56. The van der Waals surface area contributed by atoms with E-state index in [0.29, 0.717) is 5.84 Å². The predicted octanol–water partition coefficient (Wildman–Crippen LogP) is 3.29. The van der Waals surface area contributed by atoms with Crippen molar-refractivity contribution in [2.24, 2.45) is 10.7 Å². The molecule has 0 aliphatic rings. The van der Waals surface area contributed by atoms with Crippen molar-refractivity contribution in [3.05, 3.63) is 73.5 Å². The van der Waals surface area contributed by atoms with Gasteiger partial charge in [0.05, 0.1) is 11.5 Å². The molecule has 0 fully saturated rings. The van der Waals surface area contributed by atoms with E-state index in [1.807, 2.05) is 18.2 Å². The van der Waals surface area contributed by atoms with Crippen LogP contribution < -0.4 is 5.73 Å². The van der Waals surface area contributed by atoms with Crippen LogP contribution in [-0.2, 0) is 0 Å². The Morgan fingerprint density at radius 2 is 1.69 bits per heavy atom. The van der Waals surface area contributed by atoms with Gasteiger partial charge in [0, 0.05) is 5.57 Å². The molecule has 0 aromatic heterocycles. The van der Waals surface area contributed by atoms with Gasteiger partial charge >= 0.3 is 0 Å². The van der Waals surface area contributed by atoms with Crippen LogP contribution in [0, 0.1) is 0 Å². The first-order chi connectivity index (χ1) is 7.65. The van der Waals surface area contributed by atoms with Crippen LogP contribution in [-0.4, -0.2) is 5.84 Å². The van der Waals surface area contributed by atoms with Gasteiger partial charge < -0.3 is 5.73 Å². The number of nitrogens with two attached hydrogens (primary N) is 1. The highest BCUT2D eigenvalue weighted by Crippen LogP contribution is 2.14. The quantitative estimate of drug-likeness (QED) is 0.411. The zero-order valence-corrected chi connectivity index (χ0v) is 9.69. The second-order valence-corrected chi connectivity index (χ2v) is 2.99. The Labute approximate surface area is 97.6 Å². The van der Waals surface area contributed by atoms with Gasteiger partial charge in [-0.05, 0) is 13.0 Å². The van der Waals surface area contributed by atoms with E-state index in [2.05, 4.69) is 24.7 Å². The minimum atomic E-state index is 0.495. The van der Waals surface area contributed by atoms with Crippen molar-refractivity contribution in [3.8, 4) is 0 Å². The highest BCUT2D eigenvalue weighted by atomic mass is 14.9. The van der Waals surface area contributed by atoms with Gasteiger partial charge in [-0.2, -0.15) is 0 Å². The summed E-state index contributed by atoms with van der Waals surface area (Å²) in [5, 5.41) is 0. The van der Waals surface area contributed by atoms with Crippen molar-refractivity contribution in [2.75, 3.05) is 0 Å². The summed E-state index contributed by atoms with van der Waals surface area (Å²) in [4.78, 5) is 4.22. The van der Waals surface area contributed by atoms with Gasteiger partial charge in [0.2, 0.25) is 0 Å². The summed E-state index contributed by atoms with van der Waals surface area (Å²) in [5.41, 5.74) is 7.21. The Kier molecular flexibility index (Phi) is 7.16. The third kappa shape index (κ3) is 5.60. The van der Waals surface area contributed by atoms with Gasteiger partial charge in [-0.15, -0.1) is 0 Å². The fourth-order valence-corrected chi connectivity index (χ4v) is 1.02. The van der Waals surface area contributed by atoms with Gasteiger partial charge in [0.25, 0.3) is 0 Å². The number of hydrogen-bond acceptors (Lipinski definition) is 1. The molecule has 0 rings (SSSR count). The number of amidine groups is 1. The summed E-state index contributed by atoms with van der Waals surface area (Å²) >= 11 is 0. The summed E-state index contributed by atoms with van der Waals surface area (Å²) in [6, 6.07) is 0. The Bertz CT molecular complexity index is 376. The van der Waals surface area contributed by atoms with E-state index < -0.39 is 0 Å². The molecular weight excluding hydrogens is 196 g/mol. The minimum absolute atomic E-state index is 0.495. The standard InChI is InChI=1S/C14H18N2/c1-5-8-11-13(9-6-2)14(10-7-3)16-12(4)15/h5-11H,1-3H2,4H3,(H2,15,16)/b11-8-,13-9+,14-10-. The highest BCUT2D eigenvalue weighted by molar-refractivity contribution is 5.79. The average Bonchev–Trinajstić information content (AvgIpc) is 2.23. The summed E-state index contributed by atoms with van der Waals surface area (Å²) in [6.45, 7) is 12.7. The van der Waals surface area contributed by atoms with Crippen LogP contribution in [0.25, 0.3) is 0 Å². The van der Waals surface area contributed by atoms with Crippen LogP contribution in [0.3, 0.4) is 0 Å². The summed E-state index contributed by atoms with van der Waals surface area (Å²) < 4.78 is 0. The zero-order valence-electron chi connectivity index (χ0n) is 9.69. The van der Waals surface area contributed by atoms with E-state index in [-0.39, 0.29) is 0 Å². The van der Waals surface area contributed by atoms with Crippen molar-refractivity contribution >= 4 is 5.84 Å². The third-order valence-corrected chi connectivity index (χ3v) is 1.58. The first-order valence-electron chi connectivity index (χ1n) is 4.91. The highest BCUT2D eigenvalue weighted by Gasteiger charge is 1.98. The van der Waals surface area contributed by atoms with Crippen molar-refractivity contribution in [2.45, 2.75) is 6.92 Å². The van der Waals surface area contributed by atoms with Gasteiger partial charge in [-0.25, -0.2) is 4.99 Å². The molecule has 0 bridgehead atoms. The fourth-order valence-electron chi connectivity index (χ4n) is 1.02. The molecule has 0 aliphatic carbocycles. The van der Waals surface area contributed by atoms with E-state index in [0.717, 1.165) is 11.3 Å². The Hall–Kier alpha value is -2.09. The lowest BCUT2D eigenvalue weighted by atomic mass is 10.1. The van der Waals surface area contributed by atoms with Crippen LogP contribution in [0.2, 0.25) is 0 Å². The number of rotatable bonds is 6. The molecule has 0 aromatic carbocycles. The van der Waals surface area contributed by atoms with E-state index in [9.17, 15) is 0 Å². The maximum Gasteiger partial charge on any atom is 0.0965 e. The number of hydrogen-bond donors (Lipinski definition) is 1. The number of allylic oxidation sites excluding steroid dienone is 7. The molecular formula is C14H18N2. The second kappa shape index (κ2) is 8.24. The molecule has 0 saturated heterocycles. The van der Waals surface area contributed by atoms with Gasteiger partial charge in [0.1, 0.15) is 0 Å². The van der Waals surface area contributed by atoms with Crippen molar-refractivity contribution in [1.82, 2.24) is 0 Å². The zero-order chi connectivity index (χ0) is 12.4. The van der Waals surface area contributed by atoms with Crippen LogP contribution in [0.15, 0.2) is 78.5 Å². The van der Waals surface area contributed by atoms with Gasteiger partial charge in [-0.3, -0.25) is 0 Å². The smallest absolute Gasteiger partial charge is 0.0965 e.